The van der Waals surface area contributed by atoms with Crippen molar-refractivity contribution >= 4 is 21.7 Å². The molecular formula is C17H17F3N2O3S. The zero-order valence-corrected chi connectivity index (χ0v) is 14.8. The molecule has 0 radical (unpaired) electrons. The molecule has 0 fully saturated rings. The highest BCUT2D eigenvalue weighted by Gasteiger charge is 2.30. The molecule has 0 aliphatic rings. The van der Waals surface area contributed by atoms with Gasteiger partial charge in [0.15, 0.2) is 0 Å². The van der Waals surface area contributed by atoms with Crippen molar-refractivity contribution < 1.29 is 26.4 Å². The van der Waals surface area contributed by atoms with Crippen LogP contribution < -0.4 is 10.0 Å². The van der Waals surface area contributed by atoms with Crippen LogP contribution in [0.1, 0.15) is 30.9 Å². The Kier molecular flexibility index (Phi) is 5.60. The third-order valence-electron chi connectivity index (χ3n) is 3.51. The molecular weight excluding hydrogens is 369 g/mol. The van der Waals surface area contributed by atoms with Crippen LogP contribution in [0.3, 0.4) is 0 Å². The third-order valence-corrected chi connectivity index (χ3v) is 4.91. The molecule has 0 aliphatic carbocycles. The van der Waals surface area contributed by atoms with E-state index < -0.39 is 27.8 Å². The maximum atomic E-state index is 12.7. The van der Waals surface area contributed by atoms with Crippen molar-refractivity contribution in [2.24, 2.45) is 0 Å². The zero-order chi connectivity index (χ0) is 19.5. The predicted octanol–water partition coefficient (Wildman–Crippen LogP) is 4.34. The summed E-state index contributed by atoms with van der Waals surface area (Å²) in [5, 5.41) is 2.10. The minimum atomic E-state index is -4.57. The van der Waals surface area contributed by atoms with Crippen LogP contribution in [-0.2, 0) is 16.2 Å². The number of halogens is 3. The Morgan fingerprint density at radius 2 is 1.69 bits per heavy atom. The minimum absolute atomic E-state index is 0.0609. The van der Waals surface area contributed by atoms with Gasteiger partial charge in [-0.2, -0.15) is 13.2 Å². The van der Waals surface area contributed by atoms with Gasteiger partial charge in [-0.25, -0.2) is 17.9 Å². The van der Waals surface area contributed by atoms with Gasteiger partial charge in [0.2, 0.25) is 0 Å². The summed E-state index contributed by atoms with van der Waals surface area (Å²) >= 11 is 0. The molecule has 0 aromatic heterocycles. The van der Waals surface area contributed by atoms with E-state index in [9.17, 15) is 26.4 Å². The summed E-state index contributed by atoms with van der Waals surface area (Å²) in [6.45, 7) is 3.61. The first-order valence-corrected chi connectivity index (χ1v) is 9.09. The van der Waals surface area contributed by atoms with Gasteiger partial charge in [0, 0.05) is 5.69 Å². The number of nitrogens with one attached hydrogen (secondary N) is 2. The van der Waals surface area contributed by atoms with Crippen molar-refractivity contribution in [2.45, 2.75) is 30.8 Å². The maximum Gasteiger partial charge on any atom is 0.416 e. The number of benzene rings is 2. The SMILES string of the molecule is CC(C)c1ccccc1S(=O)(=O)NC(=O)Nc1cccc(C(F)(F)F)c1. The van der Waals surface area contributed by atoms with Gasteiger partial charge in [-0.05, 0) is 35.7 Å². The first kappa shape index (κ1) is 19.8. The quantitative estimate of drug-likeness (QED) is 0.821. The Bertz CT molecular complexity index is 909. The molecule has 2 amide bonds. The zero-order valence-electron chi connectivity index (χ0n) is 14.0. The Balaban J connectivity index is 2.20. The van der Waals surface area contributed by atoms with E-state index in [4.69, 9.17) is 0 Å². The van der Waals surface area contributed by atoms with Crippen molar-refractivity contribution in [3.63, 3.8) is 0 Å². The van der Waals surface area contributed by atoms with E-state index in [0.717, 1.165) is 12.1 Å². The lowest BCUT2D eigenvalue weighted by atomic mass is 10.0. The highest BCUT2D eigenvalue weighted by atomic mass is 32.2. The molecule has 140 valence electrons. The predicted molar refractivity (Wildman–Crippen MR) is 91.3 cm³/mol. The van der Waals surface area contributed by atoms with Crippen LogP contribution in [0.15, 0.2) is 53.4 Å². The number of hydrogen-bond donors (Lipinski definition) is 2. The average molecular weight is 386 g/mol. The summed E-state index contributed by atoms with van der Waals surface area (Å²) in [6.07, 6.45) is -4.57. The molecule has 0 aliphatic heterocycles. The Hall–Kier alpha value is -2.55. The summed E-state index contributed by atoms with van der Waals surface area (Å²) < 4.78 is 64.8. The second-order valence-corrected chi connectivity index (χ2v) is 7.48. The number of sulfonamides is 1. The first-order chi connectivity index (χ1) is 12.0. The van der Waals surface area contributed by atoms with E-state index in [1.54, 1.807) is 26.0 Å². The molecule has 2 aromatic carbocycles. The molecule has 5 nitrogen and oxygen atoms in total. The Labute approximate surface area is 149 Å². The lowest BCUT2D eigenvalue weighted by molar-refractivity contribution is -0.137. The summed E-state index contributed by atoms with van der Waals surface area (Å²) in [4.78, 5) is 11.9. The normalized spacial score (nSPS) is 12.1. The number of amides is 2. The average Bonchev–Trinajstić information content (AvgIpc) is 2.53. The van der Waals surface area contributed by atoms with Crippen LogP contribution in [0.5, 0.6) is 0 Å². The summed E-state index contributed by atoms with van der Waals surface area (Å²) in [6, 6.07) is 8.93. The summed E-state index contributed by atoms with van der Waals surface area (Å²) in [7, 11) is -4.18. The lowest BCUT2D eigenvalue weighted by Crippen LogP contribution is -2.35. The second kappa shape index (κ2) is 7.36. The van der Waals surface area contributed by atoms with Crippen LogP contribution in [0.4, 0.5) is 23.7 Å². The molecule has 0 unspecified atom stereocenters. The van der Waals surface area contributed by atoms with Crippen molar-refractivity contribution in [3.05, 3.63) is 59.7 Å². The number of alkyl halides is 3. The van der Waals surface area contributed by atoms with E-state index in [1.807, 2.05) is 4.72 Å². The molecule has 2 N–H and O–H groups in total. The summed E-state index contributed by atoms with van der Waals surface area (Å²) in [5.74, 6) is -0.102. The second-order valence-electron chi connectivity index (χ2n) is 5.83. The smallest absolute Gasteiger partial charge is 0.307 e. The van der Waals surface area contributed by atoms with Crippen LogP contribution in [0, 0.1) is 0 Å². The van der Waals surface area contributed by atoms with Gasteiger partial charge in [0.25, 0.3) is 10.0 Å². The number of carbonyl (C=O) groups excluding carboxylic acids is 1. The van der Waals surface area contributed by atoms with Crippen LogP contribution in [0.25, 0.3) is 0 Å². The molecule has 0 saturated carbocycles. The Morgan fingerprint density at radius 3 is 2.31 bits per heavy atom. The van der Waals surface area contributed by atoms with Crippen molar-refractivity contribution in [3.8, 4) is 0 Å². The number of carbonyl (C=O) groups is 1. The van der Waals surface area contributed by atoms with Gasteiger partial charge in [-0.3, -0.25) is 0 Å². The fraction of sp³-hybridized carbons (Fsp3) is 0.235. The number of hydrogen-bond acceptors (Lipinski definition) is 3. The highest BCUT2D eigenvalue weighted by Crippen LogP contribution is 2.30. The monoisotopic (exact) mass is 386 g/mol. The molecule has 26 heavy (non-hydrogen) atoms. The van der Waals surface area contributed by atoms with Gasteiger partial charge in [-0.1, -0.05) is 38.1 Å². The van der Waals surface area contributed by atoms with Gasteiger partial charge in [0.1, 0.15) is 0 Å². The van der Waals surface area contributed by atoms with Crippen LogP contribution in [-0.4, -0.2) is 14.4 Å². The van der Waals surface area contributed by atoms with E-state index >= 15 is 0 Å². The molecule has 0 bridgehead atoms. The number of anilines is 1. The molecule has 2 rings (SSSR count). The fourth-order valence-corrected chi connectivity index (χ4v) is 3.59. The highest BCUT2D eigenvalue weighted by molar-refractivity contribution is 7.90. The summed E-state index contributed by atoms with van der Waals surface area (Å²) in [5.41, 5.74) is -0.611. The first-order valence-electron chi connectivity index (χ1n) is 7.60. The largest absolute Gasteiger partial charge is 0.416 e. The Morgan fingerprint density at radius 1 is 1.04 bits per heavy atom. The van der Waals surface area contributed by atoms with E-state index in [2.05, 4.69) is 5.32 Å². The van der Waals surface area contributed by atoms with Gasteiger partial charge >= 0.3 is 12.2 Å². The molecule has 0 spiro atoms. The molecule has 0 heterocycles. The number of urea groups is 1. The van der Waals surface area contributed by atoms with Crippen molar-refractivity contribution in [2.75, 3.05) is 5.32 Å². The maximum absolute atomic E-state index is 12.7. The molecule has 0 saturated heterocycles. The van der Waals surface area contributed by atoms with E-state index in [0.29, 0.717) is 11.6 Å². The van der Waals surface area contributed by atoms with Crippen LogP contribution >= 0.6 is 0 Å². The number of rotatable bonds is 4. The van der Waals surface area contributed by atoms with E-state index in [1.165, 1.54) is 18.2 Å². The topological polar surface area (TPSA) is 75.3 Å². The van der Waals surface area contributed by atoms with Crippen molar-refractivity contribution in [1.82, 2.24) is 4.72 Å². The standard InChI is InChI=1S/C17H17F3N2O3S/c1-11(2)14-8-3-4-9-15(14)26(24,25)22-16(23)21-13-7-5-6-12(10-13)17(18,19)20/h3-11H,1-2H3,(H2,21,22,23). The van der Waals surface area contributed by atoms with E-state index in [-0.39, 0.29) is 16.5 Å². The van der Waals surface area contributed by atoms with Gasteiger partial charge in [0.05, 0.1) is 10.5 Å². The minimum Gasteiger partial charge on any atom is -0.307 e. The molecule has 0 atom stereocenters. The third kappa shape index (κ3) is 4.75. The molecule has 9 heteroatoms. The van der Waals surface area contributed by atoms with Gasteiger partial charge in [-0.15, -0.1) is 0 Å². The molecule has 2 aromatic rings. The lowest BCUT2D eigenvalue weighted by Gasteiger charge is -2.14. The van der Waals surface area contributed by atoms with Gasteiger partial charge < -0.3 is 5.32 Å². The van der Waals surface area contributed by atoms with Crippen LogP contribution in [0.2, 0.25) is 0 Å². The van der Waals surface area contributed by atoms with Crippen molar-refractivity contribution in [1.29, 1.82) is 0 Å². The fourth-order valence-electron chi connectivity index (χ4n) is 2.31.